The number of rotatable bonds is 2. The van der Waals surface area contributed by atoms with Crippen molar-refractivity contribution < 1.29 is 13.2 Å². The Labute approximate surface area is 82.9 Å². The van der Waals surface area contributed by atoms with Crippen LogP contribution in [-0.2, 0) is 5.88 Å². The number of aromatic nitrogens is 1. The number of pyridine rings is 1. The molecule has 0 spiro atoms. The summed E-state index contributed by atoms with van der Waals surface area (Å²) >= 11 is 5.31. The first kappa shape index (κ1) is 10.8. The first-order chi connectivity index (χ1) is 6.60. The van der Waals surface area contributed by atoms with E-state index in [0.717, 1.165) is 0 Å². The van der Waals surface area contributed by atoms with Crippen LogP contribution in [-0.4, -0.2) is 4.98 Å². The van der Waals surface area contributed by atoms with E-state index in [1.807, 2.05) is 0 Å². The summed E-state index contributed by atoms with van der Waals surface area (Å²) in [6.07, 6.45) is -2.98. The molecular weight excluding hydrogens is 217 g/mol. The van der Waals surface area contributed by atoms with E-state index >= 15 is 0 Å². The zero-order valence-electron chi connectivity index (χ0n) is 6.77. The van der Waals surface area contributed by atoms with Gasteiger partial charge in [-0.25, -0.2) is 18.2 Å². The highest BCUT2D eigenvalue weighted by atomic mass is 35.5. The van der Waals surface area contributed by atoms with Crippen molar-refractivity contribution in [1.29, 1.82) is 5.26 Å². The molecule has 0 bridgehead atoms. The lowest BCUT2D eigenvalue weighted by Gasteiger charge is -2.06. The zero-order valence-corrected chi connectivity index (χ0v) is 7.52. The van der Waals surface area contributed by atoms with Crippen LogP contribution in [0.1, 0.15) is 23.4 Å². The van der Waals surface area contributed by atoms with Crippen molar-refractivity contribution >= 4 is 11.6 Å². The molecule has 1 aromatic rings. The molecule has 0 radical (unpaired) electrons. The third-order valence-electron chi connectivity index (χ3n) is 1.55. The van der Waals surface area contributed by atoms with E-state index in [9.17, 15) is 13.2 Å². The Morgan fingerprint density at radius 2 is 2.21 bits per heavy atom. The lowest BCUT2D eigenvalue weighted by Crippen LogP contribution is -2.02. The van der Waals surface area contributed by atoms with Crippen LogP contribution in [0.5, 0.6) is 0 Å². The maximum Gasteiger partial charge on any atom is 0.268 e. The summed E-state index contributed by atoms with van der Waals surface area (Å²) < 4.78 is 37.6. The van der Waals surface area contributed by atoms with Gasteiger partial charge in [-0.2, -0.15) is 5.26 Å². The van der Waals surface area contributed by atoms with Gasteiger partial charge in [0, 0.05) is 6.07 Å². The highest BCUT2D eigenvalue weighted by molar-refractivity contribution is 6.17. The molecule has 74 valence electrons. The molecule has 0 saturated carbocycles. The molecule has 0 unspecified atom stereocenters. The Morgan fingerprint density at radius 1 is 1.57 bits per heavy atom. The molecule has 0 aromatic carbocycles. The molecule has 0 amide bonds. The second-order valence-electron chi connectivity index (χ2n) is 2.40. The van der Waals surface area contributed by atoms with Crippen LogP contribution in [0.4, 0.5) is 13.2 Å². The molecular formula is C8H4ClF3N2. The smallest absolute Gasteiger partial charge is 0.240 e. The molecule has 1 rings (SSSR count). The van der Waals surface area contributed by atoms with E-state index in [0.29, 0.717) is 6.07 Å². The summed E-state index contributed by atoms with van der Waals surface area (Å²) in [7, 11) is 0. The highest BCUT2D eigenvalue weighted by Gasteiger charge is 2.20. The second-order valence-corrected chi connectivity index (χ2v) is 2.66. The van der Waals surface area contributed by atoms with Crippen LogP contribution in [0.15, 0.2) is 6.07 Å². The van der Waals surface area contributed by atoms with Crippen LogP contribution in [0, 0.1) is 17.1 Å². The van der Waals surface area contributed by atoms with Gasteiger partial charge in [0.15, 0.2) is 0 Å². The standard InChI is InChI=1S/C8H4ClF3N2/c9-2-6-7(8(11)12)5(10)1-4(3-13)14-6/h1,8H,2H2. The van der Waals surface area contributed by atoms with Gasteiger partial charge >= 0.3 is 0 Å². The van der Waals surface area contributed by atoms with Gasteiger partial charge in [-0.15, -0.1) is 11.6 Å². The summed E-state index contributed by atoms with van der Waals surface area (Å²) in [5.74, 6) is -1.51. The van der Waals surface area contributed by atoms with E-state index in [1.54, 1.807) is 6.07 Å². The number of alkyl halides is 3. The molecule has 0 aliphatic heterocycles. The summed E-state index contributed by atoms with van der Waals surface area (Å²) in [5.41, 5.74) is -1.39. The maximum atomic E-state index is 13.0. The molecule has 0 fully saturated rings. The number of hydrogen-bond acceptors (Lipinski definition) is 2. The van der Waals surface area contributed by atoms with Gasteiger partial charge < -0.3 is 0 Å². The van der Waals surface area contributed by atoms with Crippen LogP contribution in [0.2, 0.25) is 0 Å². The van der Waals surface area contributed by atoms with Gasteiger partial charge in [0.25, 0.3) is 6.43 Å². The third kappa shape index (κ3) is 1.96. The normalized spacial score (nSPS) is 10.3. The van der Waals surface area contributed by atoms with Gasteiger partial charge in [-0.1, -0.05) is 0 Å². The van der Waals surface area contributed by atoms with Gasteiger partial charge in [-0.3, -0.25) is 0 Å². The number of nitriles is 1. The Morgan fingerprint density at radius 3 is 2.64 bits per heavy atom. The summed E-state index contributed by atoms with van der Waals surface area (Å²) in [6.45, 7) is 0. The minimum atomic E-state index is -2.98. The van der Waals surface area contributed by atoms with Crippen molar-refractivity contribution in [3.63, 3.8) is 0 Å². The van der Waals surface area contributed by atoms with E-state index < -0.39 is 17.8 Å². The largest absolute Gasteiger partial charge is 0.268 e. The fraction of sp³-hybridized carbons (Fsp3) is 0.250. The van der Waals surface area contributed by atoms with E-state index in [-0.39, 0.29) is 17.3 Å². The quantitative estimate of drug-likeness (QED) is 0.719. The molecule has 6 heteroatoms. The van der Waals surface area contributed by atoms with Crippen molar-refractivity contribution in [3.05, 3.63) is 28.8 Å². The Balaban J connectivity index is 3.36. The summed E-state index contributed by atoms with van der Waals surface area (Å²) in [6, 6.07) is 2.22. The van der Waals surface area contributed by atoms with E-state index in [2.05, 4.69) is 4.98 Å². The molecule has 2 nitrogen and oxygen atoms in total. The van der Waals surface area contributed by atoms with Crippen molar-refractivity contribution in [2.24, 2.45) is 0 Å². The van der Waals surface area contributed by atoms with Crippen LogP contribution >= 0.6 is 11.6 Å². The maximum absolute atomic E-state index is 13.0. The van der Waals surface area contributed by atoms with Gasteiger partial charge in [0.1, 0.15) is 17.6 Å². The molecule has 14 heavy (non-hydrogen) atoms. The third-order valence-corrected chi connectivity index (χ3v) is 1.80. The SMILES string of the molecule is N#Cc1cc(F)c(C(F)F)c(CCl)n1. The van der Waals surface area contributed by atoms with Gasteiger partial charge in [0.2, 0.25) is 0 Å². The predicted octanol–water partition coefficient (Wildman–Crippen LogP) is 2.77. The van der Waals surface area contributed by atoms with Gasteiger partial charge in [0.05, 0.1) is 17.1 Å². The molecule has 0 N–H and O–H groups in total. The van der Waals surface area contributed by atoms with Crippen molar-refractivity contribution in [2.45, 2.75) is 12.3 Å². The minimum absolute atomic E-state index is 0.262. The van der Waals surface area contributed by atoms with Gasteiger partial charge in [-0.05, 0) is 0 Å². The van der Waals surface area contributed by atoms with Crippen molar-refractivity contribution in [3.8, 4) is 6.07 Å². The summed E-state index contributed by atoms with van der Waals surface area (Å²) in [5, 5.41) is 8.40. The number of nitrogens with zero attached hydrogens (tertiary/aromatic N) is 2. The lowest BCUT2D eigenvalue weighted by atomic mass is 10.2. The molecule has 0 aliphatic carbocycles. The molecule has 1 aromatic heterocycles. The molecule has 0 aliphatic rings. The topological polar surface area (TPSA) is 36.7 Å². The fourth-order valence-electron chi connectivity index (χ4n) is 0.963. The van der Waals surface area contributed by atoms with Crippen LogP contribution < -0.4 is 0 Å². The molecule has 0 atom stereocenters. The predicted molar refractivity (Wildman–Crippen MR) is 43.4 cm³/mol. The van der Waals surface area contributed by atoms with Crippen molar-refractivity contribution in [1.82, 2.24) is 4.98 Å². The Hall–Kier alpha value is -1.28. The van der Waals surface area contributed by atoms with Crippen molar-refractivity contribution in [2.75, 3.05) is 0 Å². The first-order valence-corrected chi connectivity index (χ1v) is 4.07. The monoisotopic (exact) mass is 220 g/mol. The summed E-state index contributed by atoms with van der Waals surface area (Å²) in [4.78, 5) is 3.48. The average Bonchev–Trinajstić information content (AvgIpc) is 2.15. The molecule has 0 saturated heterocycles. The first-order valence-electron chi connectivity index (χ1n) is 3.53. The second kappa shape index (κ2) is 4.29. The van der Waals surface area contributed by atoms with E-state index in [4.69, 9.17) is 16.9 Å². The molecule has 1 heterocycles. The zero-order chi connectivity index (χ0) is 10.7. The average molecular weight is 221 g/mol. The minimum Gasteiger partial charge on any atom is -0.240 e. The Bertz CT molecular complexity index is 387. The number of halogens is 4. The Kier molecular flexibility index (Phi) is 3.31. The van der Waals surface area contributed by atoms with Crippen LogP contribution in [0.3, 0.4) is 0 Å². The number of hydrogen-bond donors (Lipinski definition) is 0. The fourth-order valence-corrected chi connectivity index (χ4v) is 1.17. The highest BCUT2D eigenvalue weighted by Crippen LogP contribution is 2.26. The van der Waals surface area contributed by atoms with E-state index in [1.165, 1.54) is 0 Å². The van der Waals surface area contributed by atoms with Crippen LogP contribution in [0.25, 0.3) is 0 Å². The lowest BCUT2D eigenvalue weighted by molar-refractivity contribution is 0.144.